The Morgan fingerprint density at radius 2 is 2.15 bits per heavy atom. The predicted molar refractivity (Wildman–Crippen MR) is 97.0 cm³/mol. The quantitative estimate of drug-likeness (QED) is 0.720. The van der Waals surface area contributed by atoms with Gasteiger partial charge in [-0.15, -0.1) is 0 Å². The van der Waals surface area contributed by atoms with E-state index in [1.54, 1.807) is 12.1 Å². The molecule has 1 saturated heterocycles. The zero-order chi connectivity index (χ0) is 19.1. The summed E-state index contributed by atoms with van der Waals surface area (Å²) in [7, 11) is 1.50. The van der Waals surface area contributed by atoms with Crippen LogP contribution < -0.4 is 10.1 Å². The molecule has 6 heteroatoms. The van der Waals surface area contributed by atoms with E-state index in [0.717, 1.165) is 17.6 Å². The van der Waals surface area contributed by atoms with E-state index in [1.165, 1.54) is 14.0 Å². The number of aliphatic hydroxyl groups is 1. The van der Waals surface area contributed by atoms with Gasteiger partial charge < -0.3 is 25.0 Å². The molecule has 0 saturated carbocycles. The largest absolute Gasteiger partial charge is 0.504 e. The van der Waals surface area contributed by atoms with Crippen LogP contribution in [0.2, 0.25) is 0 Å². The van der Waals surface area contributed by atoms with E-state index >= 15 is 0 Å². The molecular formula is C20H27NO5. The average molecular weight is 361 g/mol. The van der Waals surface area contributed by atoms with Gasteiger partial charge in [-0.25, -0.2) is 0 Å². The molecule has 0 bridgehead atoms. The monoisotopic (exact) mass is 361 g/mol. The maximum absolute atomic E-state index is 11.8. The second-order valence-corrected chi connectivity index (χ2v) is 7.56. The third-order valence-electron chi connectivity index (χ3n) is 5.65. The molecule has 26 heavy (non-hydrogen) atoms. The molecular weight excluding hydrogens is 334 g/mol. The summed E-state index contributed by atoms with van der Waals surface area (Å²) in [4.78, 5) is 11.8. The van der Waals surface area contributed by atoms with Crippen molar-refractivity contribution in [3.8, 4) is 11.5 Å². The van der Waals surface area contributed by atoms with E-state index in [-0.39, 0.29) is 23.7 Å². The number of phenolic OH excluding ortho intramolecular Hbond substituents is 1. The van der Waals surface area contributed by atoms with Gasteiger partial charge in [0, 0.05) is 24.8 Å². The minimum atomic E-state index is -0.712. The Bertz CT molecular complexity index is 731. The fraction of sp³-hybridized carbons (Fsp3) is 0.550. The summed E-state index contributed by atoms with van der Waals surface area (Å²) < 4.78 is 11.4. The molecule has 1 fully saturated rings. The molecule has 1 amide bonds. The van der Waals surface area contributed by atoms with Gasteiger partial charge in [0.25, 0.3) is 0 Å². The Kier molecular flexibility index (Phi) is 4.99. The summed E-state index contributed by atoms with van der Waals surface area (Å²) >= 11 is 0. The van der Waals surface area contributed by atoms with Crippen molar-refractivity contribution in [2.45, 2.75) is 57.5 Å². The highest BCUT2D eigenvalue weighted by molar-refractivity contribution is 5.74. The standard InChI is InChI=1S/C20H27NO5/c1-11-5-7-14-19(18(11)24)26-17(10-20(14,3)21-12(2)22)13-6-8-16(25-4)15(23)9-13/h5-6,8-9,14,17-19,23-24H,7,10H2,1-4H3,(H,21,22)/t14-,17+,18-,19-,20-/m1/s1. The Morgan fingerprint density at radius 3 is 2.77 bits per heavy atom. The van der Waals surface area contributed by atoms with Gasteiger partial charge in [-0.1, -0.05) is 12.1 Å². The minimum absolute atomic E-state index is 0.0202. The number of rotatable bonds is 3. The number of fused-ring (bicyclic) bond motifs is 1. The van der Waals surface area contributed by atoms with E-state index in [4.69, 9.17) is 9.47 Å². The molecule has 1 heterocycles. The topological polar surface area (TPSA) is 88.0 Å². The highest BCUT2D eigenvalue weighted by atomic mass is 16.5. The molecule has 5 atom stereocenters. The van der Waals surface area contributed by atoms with Crippen LogP contribution in [0.4, 0.5) is 0 Å². The van der Waals surface area contributed by atoms with Crippen molar-refractivity contribution in [1.29, 1.82) is 0 Å². The van der Waals surface area contributed by atoms with Gasteiger partial charge in [0.05, 0.1) is 19.3 Å². The van der Waals surface area contributed by atoms with Crippen molar-refractivity contribution >= 4 is 5.91 Å². The van der Waals surface area contributed by atoms with Crippen LogP contribution in [0.25, 0.3) is 0 Å². The van der Waals surface area contributed by atoms with Gasteiger partial charge in [-0.3, -0.25) is 4.79 Å². The molecule has 0 radical (unpaired) electrons. The Balaban J connectivity index is 1.97. The summed E-state index contributed by atoms with van der Waals surface area (Å²) in [6, 6.07) is 5.16. The number of amides is 1. The average Bonchev–Trinajstić information content (AvgIpc) is 2.57. The molecule has 1 aliphatic carbocycles. The van der Waals surface area contributed by atoms with Crippen molar-refractivity contribution in [3.63, 3.8) is 0 Å². The zero-order valence-corrected chi connectivity index (χ0v) is 15.7. The zero-order valence-electron chi connectivity index (χ0n) is 15.7. The number of allylic oxidation sites excluding steroid dienone is 1. The maximum Gasteiger partial charge on any atom is 0.217 e. The molecule has 3 rings (SSSR count). The highest BCUT2D eigenvalue weighted by Gasteiger charge is 2.51. The van der Waals surface area contributed by atoms with Crippen LogP contribution in [0.1, 0.15) is 45.3 Å². The van der Waals surface area contributed by atoms with E-state index in [0.29, 0.717) is 12.2 Å². The first-order chi connectivity index (χ1) is 12.2. The Labute approximate surface area is 153 Å². The lowest BCUT2D eigenvalue weighted by Crippen LogP contribution is -2.62. The number of phenols is 1. The molecule has 0 spiro atoms. The predicted octanol–water partition coefficient (Wildman–Crippen LogP) is 2.45. The van der Waals surface area contributed by atoms with Crippen LogP contribution in [0.3, 0.4) is 0 Å². The second kappa shape index (κ2) is 6.93. The number of carbonyl (C=O) groups is 1. The van der Waals surface area contributed by atoms with E-state index < -0.39 is 17.7 Å². The van der Waals surface area contributed by atoms with Crippen molar-refractivity contribution < 1.29 is 24.5 Å². The first-order valence-corrected chi connectivity index (χ1v) is 8.91. The molecule has 142 valence electrons. The number of hydrogen-bond donors (Lipinski definition) is 3. The van der Waals surface area contributed by atoms with Crippen molar-refractivity contribution in [3.05, 3.63) is 35.4 Å². The van der Waals surface area contributed by atoms with Crippen LogP contribution in [-0.4, -0.2) is 41.0 Å². The molecule has 1 aromatic rings. The lowest BCUT2D eigenvalue weighted by Gasteiger charge is -2.52. The minimum Gasteiger partial charge on any atom is -0.504 e. The van der Waals surface area contributed by atoms with E-state index in [9.17, 15) is 15.0 Å². The first kappa shape index (κ1) is 18.7. The smallest absolute Gasteiger partial charge is 0.217 e. The summed E-state index contributed by atoms with van der Waals surface area (Å²) in [5.74, 6) is 0.305. The molecule has 1 aromatic carbocycles. The van der Waals surface area contributed by atoms with Crippen molar-refractivity contribution in [2.24, 2.45) is 5.92 Å². The number of nitrogens with one attached hydrogen (secondary N) is 1. The van der Waals surface area contributed by atoms with E-state index in [2.05, 4.69) is 5.32 Å². The van der Waals surface area contributed by atoms with Crippen LogP contribution in [-0.2, 0) is 9.53 Å². The summed E-state index contributed by atoms with van der Waals surface area (Å²) in [5.41, 5.74) is 1.15. The normalized spacial score (nSPS) is 33.8. The molecule has 0 unspecified atom stereocenters. The van der Waals surface area contributed by atoms with Gasteiger partial charge in [-0.2, -0.15) is 0 Å². The SMILES string of the molecule is COc1ccc([C@@H]2C[C@@](C)(NC(C)=O)[C@@H]3CC=C(C)[C@@H](O)[C@@H]3O2)cc1O. The fourth-order valence-electron chi connectivity index (χ4n) is 4.26. The number of ether oxygens (including phenoxy) is 2. The van der Waals surface area contributed by atoms with E-state index in [1.807, 2.05) is 26.0 Å². The Hall–Kier alpha value is -2.05. The Morgan fingerprint density at radius 1 is 1.42 bits per heavy atom. The lowest BCUT2D eigenvalue weighted by molar-refractivity contribution is -0.165. The summed E-state index contributed by atoms with van der Waals surface area (Å²) in [6.07, 6.45) is 1.83. The number of aliphatic hydroxyl groups excluding tert-OH is 1. The van der Waals surface area contributed by atoms with Gasteiger partial charge in [-0.05, 0) is 43.5 Å². The lowest BCUT2D eigenvalue weighted by atomic mass is 9.68. The highest BCUT2D eigenvalue weighted by Crippen LogP contribution is 2.47. The number of benzene rings is 1. The number of hydrogen-bond acceptors (Lipinski definition) is 5. The van der Waals surface area contributed by atoms with Crippen LogP contribution in [0.5, 0.6) is 11.5 Å². The fourth-order valence-corrected chi connectivity index (χ4v) is 4.26. The third kappa shape index (κ3) is 3.31. The number of aromatic hydroxyl groups is 1. The van der Waals surface area contributed by atoms with Crippen LogP contribution >= 0.6 is 0 Å². The van der Waals surface area contributed by atoms with Gasteiger partial charge >= 0.3 is 0 Å². The van der Waals surface area contributed by atoms with Crippen molar-refractivity contribution in [2.75, 3.05) is 7.11 Å². The molecule has 6 nitrogen and oxygen atoms in total. The maximum atomic E-state index is 11.8. The van der Waals surface area contributed by atoms with Gasteiger partial charge in [0.1, 0.15) is 6.10 Å². The molecule has 1 aliphatic heterocycles. The van der Waals surface area contributed by atoms with Crippen molar-refractivity contribution in [1.82, 2.24) is 5.32 Å². The number of methoxy groups -OCH3 is 1. The number of carbonyl (C=O) groups excluding carboxylic acids is 1. The second-order valence-electron chi connectivity index (χ2n) is 7.56. The van der Waals surface area contributed by atoms with Gasteiger partial charge in [0.15, 0.2) is 11.5 Å². The summed E-state index contributed by atoms with van der Waals surface area (Å²) in [5, 5.41) is 23.9. The van der Waals surface area contributed by atoms with Gasteiger partial charge in [0.2, 0.25) is 5.91 Å². The van der Waals surface area contributed by atoms with Crippen LogP contribution in [0.15, 0.2) is 29.8 Å². The molecule has 2 aliphatic rings. The van der Waals surface area contributed by atoms with Crippen LogP contribution in [0, 0.1) is 5.92 Å². The molecule has 0 aromatic heterocycles. The first-order valence-electron chi connectivity index (χ1n) is 8.91. The third-order valence-corrected chi connectivity index (χ3v) is 5.65. The summed E-state index contributed by atoms with van der Waals surface area (Å²) in [6.45, 7) is 5.40. The molecule has 3 N–H and O–H groups in total.